The van der Waals surface area contributed by atoms with Gasteiger partial charge in [0.05, 0.1) is 10.4 Å². The first kappa shape index (κ1) is 12.9. The maximum atomic E-state index is 9.18. The van der Waals surface area contributed by atoms with Crippen molar-refractivity contribution in [3.8, 4) is 6.07 Å². The van der Waals surface area contributed by atoms with Crippen molar-refractivity contribution in [2.45, 2.75) is 18.9 Å². The van der Waals surface area contributed by atoms with E-state index in [9.17, 15) is 5.26 Å². The van der Waals surface area contributed by atoms with Crippen LogP contribution in [-0.4, -0.2) is 35.7 Å². The van der Waals surface area contributed by atoms with Gasteiger partial charge in [-0.3, -0.25) is 0 Å². The van der Waals surface area contributed by atoms with Crippen LogP contribution in [-0.2, 0) is 0 Å². The second kappa shape index (κ2) is 4.90. The fourth-order valence-electron chi connectivity index (χ4n) is 3.49. The number of hydrogen-bond donors (Lipinski definition) is 1. The lowest BCUT2D eigenvalue weighted by molar-refractivity contribution is 0.0973. The fourth-order valence-corrected chi connectivity index (χ4v) is 3.68. The van der Waals surface area contributed by atoms with Crippen molar-refractivity contribution in [3.63, 3.8) is 0 Å². The standard InChI is InChI=1S/C15H15ClN4O/c16-12-2-1-10-14(11(12)7-17)21-19-15(10)18-13-8-20-5-3-9(13)4-6-20/h1-2,9,13H,3-6,8H2,(H,18,19). The van der Waals surface area contributed by atoms with Gasteiger partial charge in [-0.1, -0.05) is 16.8 Å². The third kappa shape index (κ3) is 2.06. The molecule has 21 heavy (non-hydrogen) atoms. The Morgan fingerprint density at radius 3 is 2.86 bits per heavy atom. The minimum absolute atomic E-state index is 0.351. The molecule has 2 aromatic rings. The van der Waals surface area contributed by atoms with Crippen LogP contribution in [0.4, 0.5) is 5.82 Å². The number of nitrogens with one attached hydrogen (secondary N) is 1. The first-order valence-electron chi connectivity index (χ1n) is 7.23. The molecule has 3 aliphatic rings. The molecule has 1 aromatic heterocycles. The van der Waals surface area contributed by atoms with Gasteiger partial charge in [-0.2, -0.15) is 5.26 Å². The summed E-state index contributed by atoms with van der Waals surface area (Å²) < 4.78 is 5.34. The van der Waals surface area contributed by atoms with E-state index >= 15 is 0 Å². The summed E-state index contributed by atoms with van der Waals surface area (Å²) in [5, 5.41) is 18.0. The molecule has 3 saturated heterocycles. The van der Waals surface area contributed by atoms with E-state index in [1.165, 1.54) is 25.9 Å². The Balaban J connectivity index is 1.67. The molecule has 3 fully saturated rings. The number of hydrogen-bond acceptors (Lipinski definition) is 5. The highest BCUT2D eigenvalue weighted by Crippen LogP contribution is 2.34. The monoisotopic (exact) mass is 302 g/mol. The molecule has 3 aliphatic heterocycles. The van der Waals surface area contributed by atoms with E-state index in [1.54, 1.807) is 6.07 Å². The molecule has 1 N–H and O–H groups in total. The zero-order chi connectivity index (χ0) is 14.4. The van der Waals surface area contributed by atoms with Crippen molar-refractivity contribution in [2.75, 3.05) is 25.0 Å². The number of halogens is 1. The van der Waals surface area contributed by atoms with Gasteiger partial charge < -0.3 is 14.7 Å². The molecular weight excluding hydrogens is 288 g/mol. The molecule has 108 valence electrons. The third-order valence-corrected chi connectivity index (χ3v) is 5.00. The van der Waals surface area contributed by atoms with E-state index in [-0.39, 0.29) is 0 Å². The van der Waals surface area contributed by atoms with Gasteiger partial charge in [-0.05, 0) is 44.0 Å². The van der Waals surface area contributed by atoms with E-state index in [2.05, 4.69) is 21.4 Å². The van der Waals surface area contributed by atoms with E-state index in [0.29, 0.717) is 28.1 Å². The molecule has 1 aromatic carbocycles. The van der Waals surface area contributed by atoms with E-state index in [4.69, 9.17) is 16.1 Å². The predicted octanol–water partition coefficient (Wildman–Crippen LogP) is 2.86. The molecule has 1 unspecified atom stereocenters. The summed E-state index contributed by atoms with van der Waals surface area (Å²) in [6.45, 7) is 3.46. The average molecular weight is 303 g/mol. The molecule has 6 heteroatoms. The van der Waals surface area contributed by atoms with Gasteiger partial charge in [0.15, 0.2) is 11.4 Å². The summed E-state index contributed by atoms with van der Waals surface area (Å²) in [5.41, 5.74) is 0.817. The minimum Gasteiger partial charge on any atom is -0.362 e. The van der Waals surface area contributed by atoms with Crippen molar-refractivity contribution in [1.29, 1.82) is 5.26 Å². The highest BCUT2D eigenvalue weighted by molar-refractivity contribution is 6.32. The van der Waals surface area contributed by atoms with Crippen LogP contribution in [0.25, 0.3) is 11.0 Å². The van der Waals surface area contributed by atoms with Crippen LogP contribution in [0.15, 0.2) is 16.7 Å². The molecule has 4 heterocycles. The Bertz CT molecular complexity index is 727. The molecular formula is C15H15ClN4O. The molecule has 1 atom stereocenters. The quantitative estimate of drug-likeness (QED) is 0.924. The summed E-state index contributed by atoms with van der Waals surface area (Å²) in [5.74, 6) is 1.42. The smallest absolute Gasteiger partial charge is 0.188 e. The molecule has 5 rings (SSSR count). The van der Waals surface area contributed by atoms with Crippen LogP contribution in [0.3, 0.4) is 0 Å². The van der Waals surface area contributed by atoms with Crippen molar-refractivity contribution in [2.24, 2.45) is 5.92 Å². The zero-order valence-electron chi connectivity index (χ0n) is 11.5. The summed E-state index contributed by atoms with van der Waals surface area (Å²) in [6, 6.07) is 6.07. The van der Waals surface area contributed by atoms with Gasteiger partial charge in [0.1, 0.15) is 11.6 Å². The van der Waals surface area contributed by atoms with Gasteiger partial charge in [0.25, 0.3) is 0 Å². The van der Waals surface area contributed by atoms with Crippen LogP contribution in [0, 0.1) is 17.2 Å². The summed E-state index contributed by atoms with van der Waals surface area (Å²) in [4.78, 5) is 2.48. The van der Waals surface area contributed by atoms with Crippen molar-refractivity contribution >= 4 is 28.4 Å². The Kier molecular flexibility index (Phi) is 3.02. The number of piperidine rings is 3. The van der Waals surface area contributed by atoms with Crippen LogP contribution in [0.1, 0.15) is 18.4 Å². The maximum Gasteiger partial charge on any atom is 0.188 e. The Hall–Kier alpha value is -1.77. The number of aromatic nitrogens is 1. The lowest BCUT2D eigenvalue weighted by Crippen LogP contribution is -2.53. The number of anilines is 1. The van der Waals surface area contributed by atoms with Gasteiger partial charge in [-0.15, -0.1) is 0 Å². The van der Waals surface area contributed by atoms with Crippen molar-refractivity contribution in [1.82, 2.24) is 10.1 Å². The lowest BCUT2D eigenvalue weighted by Gasteiger charge is -2.44. The molecule has 0 amide bonds. The topological polar surface area (TPSA) is 65.1 Å². The molecule has 0 saturated carbocycles. The zero-order valence-corrected chi connectivity index (χ0v) is 12.2. The molecule has 0 aliphatic carbocycles. The summed E-state index contributed by atoms with van der Waals surface area (Å²) >= 11 is 6.02. The number of nitrogens with zero attached hydrogens (tertiary/aromatic N) is 3. The minimum atomic E-state index is 0.351. The number of rotatable bonds is 2. The number of nitriles is 1. The van der Waals surface area contributed by atoms with Crippen LogP contribution in [0.2, 0.25) is 5.02 Å². The first-order chi connectivity index (χ1) is 10.3. The summed E-state index contributed by atoms with van der Waals surface area (Å²) in [6.07, 6.45) is 2.48. The Morgan fingerprint density at radius 2 is 2.19 bits per heavy atom. The SMILES string of the molecule is N#Cc1c(Cl)ccc2c(NC3CN4CCC3CC4)noc12. The lowest BCUT2D eigenvalue weighted by atomic mass is 9.84. The van der Waals surface area contributed by atoms with Crippen LogP contribution < -0.4 is 5.32 Å². The van der Waals surface area contributed by atoms with Gasteiger partial charge in [0.2, 0.25) is 0 Å². The average Bonchev–Trinajstić information content (AvgIpc) is 2.91. The number of benzene rings is 1. The molecule has 0 spiro atoms. The van der Waals surface area contributed by atoms with E-state index < -0.39 is 0 Å². The molecule has 0 radical (unpaired) electrons. The largest absolute Gasteiger partial charge is 0.362 e. The number of fused-ring (bicyclic) bond motifs is 4. The Labute approximate surface area is 127 Å². The molecule has 5 nitrogen and oxygen atoms in total. The normalized spacial score (nSPS) is 27.7. The van der Waals surface area contributed by atoms with Crippen molar-refractivity contribution in [3.05, 3.63) is 22.7 Å². The maximum absolute atomic E-state index is 9.18. The fraction of sp³-hybridized carbons (Fsp3) is 0.467. The molecule has 2 bridgehead atoms. The highest BCUT2D eigenvalue weighted by Gasteiger charge is 2.34. The van der Waals surface area contributed by atoms with E-state index in [1.807, 2.05) is 6.07 Å². The Morgan fingerprint density at radius 1 is 1.38 bits per heavy atom. The van der Waals surface area contributed by atoms with Gasteiger partial charge in [-0.25, -0.2) is 0 Å². The first-order valence-corrected chi connectivity index (χ1v) is 7.61. The van der Waals surface area contributed by atoms with Crippen LogP contribution >= 0.6 is 11.6 Å². The van der Waals surface area contributed by atoms with Crippen LogP contribution in [0.5, 0.6) is 0 Å². The van der Waals surface area contributed by atoms with Gasteiger partial charge in [0, 0.05) is 12.6 Å². The highest BCUT2D eigenvalue weighted by atomic mass is 35.5. The summed E-state index contributed by atoms with van der Waals surface area (Å²) in [7, 11) is 0. The van der Waals surface area contributed by atoms with Gasteiger partial charge >= 0.3 is 0 Å². The third-order valence-electron chi connectivity index (χ3n) is 4.68. The van der Waals surface area contributed by atoms with Crippen molar-refractivity contribution < 1.29 is 4.52 Å². The second-order valence-corrected chi connectivity index (χ2v) is 6.24. The van der Waals surface area contributed by atoms with E-state index in [0.717, 1.165) is 17.7 Å². The second-order valence-electron chi connectivity index (χ2n) is 5.83. The predicted molar refractivity (Wildman–Crippen MR) is 80.3 cm³/mol.